The fraction of sp³-hybridized carbons (Fsp3) is 0. The van der Waals surface area contributed by atoms with E-state index < -0.39 is 5.82 Å². The summed E-state index contributed by atoms with van der Waals surface area (Å²) in [6.07, 6.45) is 3.43. The van der Waals surface area contributed by atoms with Crippen molar-refractivity contribution < 1.29 is 9.13 Å². The lowest BCUT2D eigenvalue weighted by atomic mass is 10.3. The van der Waals surface area contributed by atoms with E-state index in [0.29, 0.717) is 17.1 Å². The van der Waals surface area contributed by atoms with Crippen molar-refractivity contribution in [2.45, 2.75) is 0 Å². The van der Waals surface area contributed by atoms with Crippen LogP contribution in [0.3, 0.4) is 0 Å². The van der Waals surface area contributed by atoms with Gasteiger partial charge in [-0.25, -0.2) is 9.37 Å². The number of benzene rings is 1. The summed E-state index contributed by atoms with van der Waals surface area (Å²) >= 11 is 2.17. The highest BCUT2D eigenvalue weighted by molar-refractivity contribution is 14.1. The monoisotopic (exact) mass is 369 g/mol. The number of H-pyrrole nitrogens is 1. The van der Waals surface area contributed by atoms with Crippen molar-refractivity contribution in [1.29, 1.82) is 0 Å². The Morgan fingerprint density at radius 3 is 2.89 bits per heavy atom. The van der Waals surface area contributed by atoms with Crippen LogP contribution < -0.4 is 10.5 Å². The summed E-state index contributed by atoms with van der Waals surface area (Å²) in [5.74, 6) is 0.202. The highest BCUT2D eigenvalue weighted by Crippen LogP contribution is 2.33. The lowest BCUT2D eigenvalue weighted by molar-refractivity contribution is 0.446. The van der Waals surface area contributed by atoms with Crippen LogP contribution in [0.15, 0.2) is 36.7 Å². The van der Waals surface area contributed by atoms with Crippen LogP contribution in [-0.2, 0) is 0 Å². The number of nitrogens with one attached hydrogen (secondary N) is 1. The van der Waals surface area contributed by atoms with Crippen LogP contribution in [0.5, 0.6) is 11.5 Å². The number of ether oxygens (including phenoxy) is 1. The number of rotatable bonds is 2. The molecule has 0 atom stereocenters. The number of halogens is 2. The quantitative estimate of drug-likeness (QED) is 0.535. The van der Waals surface area contributed by atoms with Gasteiger partial charge >= 0.3 is 0 Å². The third-order valence-corrected chi connectivity index (χ3v) is 3.51. The molecule has 0 spiro atoms. The summed E-state index contributed by atoms with van der Waals surface area (Å²) in [6, 6.07) is 6.04. The zero-order chi connectivity index (χ0) is 13.4. The molecule has 0 saturated carbocycles. The minimum Gasteiger partial charge on any atom is -0.453 e. The van der Waals surface area contributed by atoms with Crippen molar-refractivity contribution >= 4 is 39.3 Å². The summed E-state index contributed by atoms with van der Waals surface area (Å²) in [6.45, 7) is 0. The number of nitrogens with zero attached hydrogens (tertiary/aromatic N) is 1. The predicted octanol–water partition coefficient (Wildman–Crippen LogP) is 3.68. The van der Waals surface area contributed by atoms with E-state index in [1.54, 1.807) is 18.3 Å². The third kappa shape index (κ3) is 2.23. The van der Waals surface area contributed by atoms with E-state index in [4.69, 9.17) is 10.5 Å². The van der Waals surface area contributed by atoms with Gasteiger partial charge in [0.25, 0.3) is 0 Å². The molecular formula is C13H9FIN3O. The molecule has 2 aromatic heterocycles. The second-order valence-electron chi connectivity index (χ2n) is 3.96. The first-order valence-corrected chi connectivity index (χ1v) is 6.57. The van der Waals surface area contributed by atoms with E-state index in [1.807, 2.05) is 6.20 Å². The number of aromatic amines is 1. The van der Waals surface area contributed by atoms with E-state index >= 15 is 0 Å². The molecule has 0 radical (unpaired) electrons. The van der Waals surface area contributed by atoms with E-state index in [-0.39, 0.29) is 5.75 Å². The van der Waals surface area contributed by atoms with Gasteiger partial charge in [0.1, 0.15) is 11.4 Å². The number of nitrogen functional groups attached to an aromatic ring is 1. The van der Waals surface area contributed by atoms with Gasteiger partial charge in [-0.2, -0.15) is 0 Å². The smallest absolute Gasteiger partial charge is 0.167 e. The summed E-state index contributed by atoms with van der Waals surface area (Å²) in [7, 11) is 0. The van der Waals surface area contributed by atoms with Gasteiger partial charge in [-0.3, -0.25) is 0 Å². The molecule has 2 heterocycles. The number of hydrogen-bond donors (Lipinski definition) is 2. The first-order valence-electron chi connectivity index (χ1n) is 5.49. The van der Waals surface area contributed by atoms with Gasteiger partial charge in [0.2, 0.25) is 0 Å². The normalized spacial score (nSPS) is 10.8. The van der Waals surface area contributed by atoms with Crippen LogP contribution in [0.2, 0.25) is 0 Å². The molecule has 1 aromatic carbocycles. The Kier molecular flexibility index (Phi) is 3.02. The number of pyridine rings is 1. The van der Waals surface area contributed by atoms with Crippen molar-refractivity contribution in [2.24, 2.45) is 0 Å². The van der Waals surface area contributed by atoms with E-state index in [2.05, 4.69) is 32.6 Å². The summed E-state index contributed by atoms with van der Waals surface area (Å²) in [5.41, 5.74) is 6.58. The van der Waals surface area contributed by atoms with E-state index in [1.165, 1.54) is 12.1 Å². The van der Waals surface area contributed by atoms with Gasteiger partial charge in [0.05, 0.1) is 5.39 Å². The third-order valence-electron chi connectivity index (χ3n) is 2.66. The molecule has 0 fully saturated rings. The molecule has 0 aliphatic carbocycles. The fourth-order valence-corrected chi connectivity index (χ4v) is 2.47. The average molecular weight is 369 g/mol. The molecule has 0 aliphatic rings. The largest absolute Gasteiger partial charge is 0.453 e. The topological polar surface area (TPSA) is 63.9 Å². The molecule has 0 amide bonds. The lowest BCUT2D eigenvalue weighted by Crippen LogP contribution is -1.92. The SMILES string of the molecule is Nc1ccc(Oc2ccnc3[nH]cc(I)c23)c(F)c1. The maximum atomic E-state index is 13.7. The Morgan fingerprint density at radius 2 is 2.11 bits per heavy atom. The Balaban J connectivity index is 2.08. The van der Waals surface area contributed by atoms with Crippen LogP contribution in [0, 0.1) is 9.39 Å². The van der Waals surface area contributed by atoms with Gasteiger partial charge in [-0.15, -0.1) is 0 Å². The standard InChI is InChI=1S/C13H9FIN3O/c14-8-5-7(16)1-2-10(8)19-11-3-4-17-13-12(11)9(15)6-18-13/h1-6H,16H2,(H,17,18). The van der Waals surface area contributed by atoms with Crippen molar-refractivity contribution in [3.63, 3.8) is 0 Å². The van der Waals surface area contributed by atoms with E-state index in [9.17, 15) is 4.39 Å². The maximum absolute atomic E-state index is 13.7. The van der Waals surface area contributed by atoms with Crippen LogP contribution in [0.4, 0.5) is 10.1 Å². The zero-order valence-corrected chi connectivity index (χ0v) is 11.8. The molecule has 0 aliphatic heterocycles. The van der Waals surface area contributed by atoms with Crippen LogP contribution in [-0.4, -0.2) is 9.97 Å². The zero-order valence-electron chi connectivity index (χ0n) is 9.65. The Hall–Kier alpha value is -1.83. The highest BCUT2D eigenvalue weighted by atomic mass is 127. The first kappa shape index (κ1) is 12.2. The highest BCUT2D eigenvalue weighted by Gasteiger charge is 2.11. The second kappa shape index (κ2) is 4.69. The van der Waals surface area contributed by atoms with Gasteiger partial charge < -0.3 is 15.5 Å². The minimum atomic E-state index is -0.490. The number of aromatic nitrogens is 2. The Morgan fingerprint density at radius 1 is 1.26 bits per heavy atom. The first-order chi connectivity index (χ1) is 9.15. The van der Waals surface area contributed by atoms with Crippen molar-refractivity contribution in [3.05, 3.63) is 46.0 Å². The molecule has 0 bridgehead atoms. The van der Waals surface area contributed by atoms with Gasteiger partial charge in [0, 0.05) is 27.7 Å². The molecule has 0 unspecified atom stereocenters. The summed E-state index contributed by atoms with van der Waals surface area (Å²) in [5, 5.41) is 0.833. The van der Waals surface area contributed by atoms with Crippen LogP contribution >= 0.6 is 22.6 Å². The molecule has 96 valence electrons. The minimum absolute atomic E-state index is 0.138. The fourth-order valence-electron chi connectivity index (χ4n) is 1.79. The number of hydrogen-bond acceptors (Lipinski definition) is 3. The van der Waals surface area contributed by atoms with Gasteiger partial charge in [0.15, 0.2) is 11.6 Å². The number of fused-ring (bicyclic) bond motifs is 1. The summed E-state index contributed by atoms with van der Waals surface area (Å²) in [4.78, 5) is 7.21. The number of nitrogens with two attached hydrogens (primary N) is 1. The lowest BCUT2D eigenvalue weighted by Gasteiger charge is -2.08. The molecule has 6 heteroatoms. The second-order valence-corrected chi connectivity index (χ2v) is 5.12. The molecule has 4 nitrogen and oxygen atoms in total. The summed E-state index contributed by atoms with van der Waals surface area (Å²) < 4.78 is 20.3. The maximum Gasteiger partial charge on any atom is 0.167 e. The molecule has 3 rings (SSSR count). The van der Waals surface area contributed by atoms with Crippen LogP contribution in [0.1, 0.15) is 0 Å². The number of anilines is 1. The van der Waals surface area contributed by atoms with Crippen molar-refractivity contribution in [3.8, 4) is 11.5 Å². The molecule has 0 saturated heterocycles. The molecule has 3 N–H and O–H groups in total. The molecule has 3 aromatic rings. The Labute approximate surface area is 121 Å². The van der Waals surface area contributed by atoms with Crippen molar-refractivity contribution in [1.82, 2.24) is 9.97 Å². The van der Waals surface area contributed by atoms with E-state index in [0.717, 1.165) is 8.96 Å². The van der Waals surface area contributed by atoms with Gasteiger partial charge in [-0.1, -0.05) is 0 Å². The van der Waals surface area contributed by atoms with Gasteiger partial charge in [-0.05, 0) is 40.8 Å². The van der Waals surface area contributed by atoms with Crippen LogP contribution in [0.25, 0.3) is 11.0 Å². The molecule has 19 heavy (non-hydrogen) atoms. The van der Waals surface area contributed by atoms with Crippen molar-refractivity contribution in [2.75, 3.05) is 5.73 Å². The molecular weight excluding hydrogens is 360 g/mol. The Bertz CT molecular complexity index is 757. The predicted molar refractivity (Wildman–Crippen MR) is 79.7 cm³/mol. The average Bonchev–Trinajstić information content (AvgIpc) is 2.76.